The molecule has 0 bridgehead atoms. The summed E-state index contributed by atoms with van der Waals surface area (Å²) in [5, 5.41) is 20.5. The number of rotatable bonds is 7. The Balaban J connectivity index is 2.70. The Morgan fingerprint density at radius 3 is 2.67 bits per heavy atom. The third-order valence-corrected chi connectivity index (χ3v) is 2.85. The zero-order valence-electron chi connectivity index (χ0n) is 10.7. The molecule has 0 fully saturated rings. The van der Waals surface area contributed by atoms with Crippen molar-refractivity contribution >= 4 is 11.5 Å². The number of aliphatic hydroxyl groups excluding tert-OH is 1. The zero-order chi connectivity index (χ0) is 13.4. The molecule has 1 aromatic rings. The molecule has 4 N–H and O–H groups in total. The van der Waals surface area contributed by atoms with Crippen LogP contribution in [-0.2, 0) is 0 Å². The van der Waals surface area contributed by atoms with Crippen molar-refractivity contribution in [2.75, 3.05) is 25.1 Å². The molecule has 0 heterocycles. The molecule has 0 aliphatic carbocycles. The first-order valence-corrected chi connectivity index (χ1v) is 6.09. The van der Waals surface area contributed by atoms with Gasteiger partial charge in [0.15, 0.2) is 5.84 Å². The molecule has 0 aliphatic rings. The predicted octanol–water partition coefficient (Wildman–Crippen LogP) is 1.38. The van der Waals surface area contributed by atoms with Gasteiger partial charge >= 0.3 is 0 Å². The van der Waals surface area contributed by atoms with Crippen LogP contribution in [-0.4, -0.2) is 36.3 Å². The highest BCUT2D eigenvalue weighted by molar-refractivity contribution is 6.02. The highest BCUT2D eigenvalue weighted by atomic mass is 16.4. The molecule has 0 saturated heterocycles. The van der Waals surface area contributed by atoms with Gasteiger partial charge < -0.3 is 20.9 Å². The van der Waals surface area contributed by atoms with Crippen LogP contribution >= 0.6 is 0 Å². The summed E-state index contributed by atoms with van der Waals surface area (Å²) in [4.78, 5) is 2.07. The fourth-order valence-corrected chi connectivity index (χ4v) is 1.83. The molecule has 1 rings (SSSR count). The van der Waals surface area contributed by atoms with E-state index in [1.54, 1.807) is 0 Å². The Hall–Kier alpha value is -1.75. The number of hydrogen-bond donors (Lipinski definition) is 3. The number of oxime groups is 1. The van der Waals surface area contributed by atoms with Crippen LogP contribution in [0.1, 0.15) is 24.8 Å². The van der Waals surface area contributed by atoms with Gasteiger partial charge in [-0.25, -0.2) is 0 Å². The SMILES string of the molecule is CN(CCCCCO)c1ccccc1/C(N)=N/O. The number of nitrogens with zero attached hydrogens (tertiary/aromatic N) is 2. The van der Waals surface area contributed by atoms with Crippen molar-refractivity contribution < 1.29 is 10.3 Å². The lowest BCUT2D eigenvalue weighted by molar-refractivity contribution is 0.283. The standard InChI is InChI=1S/C13H21N3O2/c1-16(9-5-2-6-10-17)12-8-4-3-7-11(12)13(14)15-18/h3-4,7-8,17-18H,2,5-6,9-10H2,1H3,(H2,14,15). The molecule has 0 spiro atoms. The van der Waals surface area contributed by atoms with Crippen LogP contribution in [0.15, 0.2) is 29.4 Å². The molecule has 100 valence electrons. The number of aliphatic hydroxyl groups is 1. The summed E-state index contributed by atoms with van der Waals surface area (Å²) in [5.41, 5.74) is 7.32. The molecule has 0 aromatic heterocycles. The number of hydrogen-bond acceptors (Lipinski definition) is 4. The molecule has 0 amide bonds. The third-order valence-electron chi connectivity index (χ3n) is 2.85. The average molecular weight is 251 g/mol. The van der Waals surface area contributed by atoms with Gasteiger partial charge in [-0.05, 0) is 31.4 Å². The summed E-state index contributed by atoms with van der Waals surface area (Å²) < 4.78 is 0. The summed E-state index contributed by atoms with van der Waals surface area (Å²) in [6.07, 6.45) is 2.82. The Morgan fingerprint density at radius 2 is 2.00 bits per heavy atom. The summed E-state index contributed by atoms with van der Waals surface area (Å²) >= 11 is 0. The molecule has 5 nitrogen and oxygen atoms in total. The van der Waals surface area contributed by atoms with Gasteiger partial charge in [0, 0.05) is 31.5 Å². The molecule has 0 radical (unpaired) electrons. The molecule has 5 heteroatoms. The van der Waals surface area contributed by atoms with Crippen molar-refractivity contribution in [2.24, 2.45) is 10.9 Å². The quantitative estimate of drug-likeness (QED) is 0.225. The van der Waals surface area contributed by atoms with Gasteiger partial charge in [-0.15, -0.1) is 0 Å². The van der Waals surface area contributed by atoms with Gasteiger partial charge in [-0.3, -0.25) is 0 Å². The van der Waals surface area contributed by atoms with E-state index in [2.05, 4.69) is 10.1 Å². The number of unbranched alkanes of at least 4 members (excludes halogenated alkanes) is 2. The Bertz CT molecular complexity index is 394. The van der Waals surface area contributed by atoms with E-state index < -0.39 is 0 Å². The van der Waals surface area contributed by atoms with Gasteiger partial charge in [-0.2, -0.15) is 0 Å². The maximum Gasteiger partial charge on any atom is 0.172 e. The van der Waals surface area contributed by atoms with Crippen LogP contribution in [0.2, 0.25) is 0 Å². The minimum absolute atomic E-state index is 0.118. The van der Waals surface area contributed by atoms with Gasteiger partial charge in [0.1, 0.15) is 0 Å². The lowest BCUT2D eigenvalue weighted by atomic mass is 10.1. The largest absolute Gasteiger partial charge is 0.409 e. The highest BCUT2D eigenvalue weighted by Crippen LogP contribution is 2.19. The smallest absolute Gasteiger partial charge is 0.172 e. The van der Waals surface area contributed by atoms with E-state index in [4.69, 9.17) is 16.0 Å². The van der Waals surface area contributed by atoms with Crippen molar-refractivity contribution in [1.82, 2.24) is 0 Å². The van der Waals surface area contributed by atoms with E-state index in [-0.39, 0.29) is 12.4 Å². The maximum atomic E-state index is 8.76. The monoisotopic (exact) mass is 251 g/mol. The first-order valence-electron chi connectivity index (χ1n) is 6.09. The van der Waals surface area contributed by atoms with E-state index in [1.807, 2.05) is 31.3 Å². The van der Waals surface area contributed by atoms with Crippen LogP contribution in [0.4, 0.5) is 5.69 Å². The van der Waals surface area contributed by atoms with Crippen LogP contribution in [0, 0.1) is 0 Å². The van der Waals surface area contributed by atoms with E-state index >= 15 is 0 Å². The Kier molecular flexibility index (Phi) is 6.00. The van der Waals surface area contributed by atoms with E-state index in [9.17, 15) is 0 Å². The zero-order valence-corrected chi connectivity index (χ0v) is 10.7. The lowest BCUT2D eigenvalue weighted by Crippen LogP contribution is -2.23. The Labute approximate surface area is 108 Å². The first-order chi connectivity index (χ1) is 8.70. The van der Waals surface area contributed by atoms with Gasteiger partial charge in [-0.1, -0.05) is 17.3 Å². The van der Waals surface area contributed by atoms with Crippen molar-refractivity contribution in [3.8, 4) is 0 Å². The van der Waals surface area contributed by atoms with Gasteiger partial charge in [0.25, 0.3) is 0 Å². The molecule has 18 heavy (non-hydrogen) atoms. The molecular weight excluding hydrogens is 230 g/mol. The molecule has 0 saturated carbocycles. The third kappa shape index (κ3) is 3.92. The average Bonchev–Trinajstić information content (AvgIpc) is 2.42. The van der Waals surface area contributed by atoms with Crippen molar-refractivity contribution in [2.45, 2.75) is 19.3 Å². The minimum atomic E-state index is 0.118. The van der Waals surface area contributed by atoms with Crippen LogP contribution in [0.3, 0.4) is 0 Å². The topological polar surface area (TPSA) is 82.1 Å². The minimum Gasteiger partial charge on any atom is -0.409 e. The summed E-state index contributed by atoms with van der Waals surface area (Å²) in [5.74, 6) is 0.118. The maximum absolute atomic E-state index is 8.76. The van der Waals surface area contributed by atoms with Crippen molar-refractivity contribution in [3.63, 3.8) is 0 Å². The highest BCUT2D eigenvalue weighted by Gasteiger charge is 2.09. The van der Waals surface area contributed by atoms with Gasteiger partial charge in [0.2, 0.25) is 0 Å². The van der Waals surface area contributed by atoms with Crippen LogP contribution in [0.25, 0.3) is 0 Å². The number of para-hydroxylation sites is 1. The fourth-order valence-electron chi connectivity index (χ4n) is 1.83. The van der Waals surface area contributed by atoms with Crippen LogP contribution in [0.5, 0.6) is 0 Å². The second kappa shape index (κ2) is 7.55. The summed E-state index contributed by atoms with van der Waals surface area (Å²) in [6.45, 7) is 1.11. The van der Waals surface area contributed by atoms with Crippen molar-refractivity contribution in [3.05, 3.63) is 29.8 Å². The molecule has 0 unspecified atom stereocenters. The Morgan fingerprint density at radius 1 is 1.28 bits per heavy atom. The number of benzene rings is 1. The second-order valence-electron chi connectivity index (χ2n) is 4.21. The van der Waals surface area contributed by atoms with E-state index in [1.165, 1.54) is 0 Å². The summed E-state index contributed by atoms with van der Waals surface area (Å²) in [7, 11) is 1.97. The van der Waals surface area contributed by atoms with Gasteiger partial charge in [0.05, 0.1) is 0 Å². The van der Waals surface area contributed by atoms with E-state index in [0.717, 1.165) is 37.1 Å². The van der Waals surface area contributed by atoms with E-state index in [0.29, 0.717) is 0 Å². The number of anilines is 1. The normalized spacial score (nSPS) is 11.6. The molecule has 0 aliphatic heterocycles. The number of nitrogens with two attached hydrogens (primary N) is 1. The van der Waals surface area contributed by atoms with Crippen molar-refractivity contribution in [1.29, 1.82) is 0 Å². The van der Waals surface area contributed by atoms with Crippen LogP contribution < -0.4 is 10.6 Å². The molecule has 1 aromatic carbocycles. The first kappa shape index (κ1) is 14.3. The predicted molar refractivity (Wildman–Crippen MR) is 73.2 cm³/mol. The molecule has 0 atom stereocenters. The number of amidine groups is 1. The molecular formula is C13H21N3O2. The second-order valence-corrected chi connectivity index (χ2v) is 4.21. The fraction of sp³-hybridized carbons (Fsp3) is 0.462. The summed E-state index contributed by atoms with van der Waals surface area (Å²) in [6, 6.07) is 7.55. The lowest BCUT2D eigenvalue weighted by Gasteiger charge is -2.21.